The zero-order chi connectivity index (χ0) is 15.9. The Bertz CT molecular complexity index is 637. The maximum Gasteiger partial charge on any atom is 0.191 e. The van der Waals surface area contributed by atoms with E-state index in [2.05, 4.69) is 20.7 Å². The predicted octanol–water partition coefficient (Wildman–Crippen LogP) is 3.25. The van der Waals surface area contributed by atoms with Crippen LogP contribution in [0, 0.1) is 0 Å². The fourth-order valence-electron chi connectivity index (χ4n) is 2.05. The van der Waals surface area contributed by atoms with Crippen molar-refractivity contribution in [3.8, 4) is 0 Å². The number of nitrogens with one attached hydrogen (secondary N) is 2. The molecule has 1 aromatic heterocycles. The van der Waals surface area contributed by atoms with Crippen molar-refractivity contribution in [2.24, 2.45) is 12.0 Å². The molecular formula is C15H20Cl2IN5. The van der Waals surface area contributed by atoms with Gasteiger partial charge in [-0.3, -0.25) is 9.67 Å². The van der Waals surface area contributed by atoms with E-state index in [4.69, 9.17) is 23.2 Å². The molecule has 0 saturated carbocycles. The first-order chi connectivity index (χ1) is 10.6. The van der Waals surface area contributed by atoms with Crippen LogP contribution in [-0.2, 0) is 20.0 Å². The van der Waals surface area contributed by atoms with Gasteiger partial charge in [0.25, 0.3) is 0 Å². The Morgan fingerprint density at radius 2 is 1.91 bits per heavy atom. The number of halogens is 3. The summed E-state index contributed by atoms with van der Waals surface area (Å²) >= 11 is 12.3. The van der Waals surface area contributed by atoms with Gasteiger partial charge in [-0.25, -0.2) is 0 Å². The van der Waals surface area contributed by atoms with Gasteiger partial charge in [0.15, 0.2) is 5.96 Å². The predicted molar refractivity (Wildman–Crippen MR) is 107 cm³/mol. The number of nitrogens with zero attached hydrogens (tertiary/aromatic N) is 3. The lowest BCUT2D eigenvalue weighted by Crippen LogP contribution is -2.38. The van der Waals surface area contributed by atoms with Crippen LogP contribution < -0.4 is 10.6 Å². The summed E-state index contributed by atoms with van der Waals surface area (Å²) in [5, 5.41) is 12.0. The van der Waals surface area contributed by atoms with Crippen molar-refractivity contribution in [1.82, 2.24) is 20.4 Å². The van der Waals surface area contributed by atoms with Crippen LogP contribution in [0.1, 0.15) is 11.3 Å². The molecule has 126 valence electrons. The van der Waals surface area contributed by atoms with E-state index in [9.17, 15) is 0 Å². The number of rotatable bonds is 5. The molecule has 1 heterocycles. The molecule has 0 bridgehead atoms. The lowest BCUT2D eigenvalue weighted by Gasteiger charge is -2.13. The first-order valence-electron chi connectivity index (χ1n) is 6.96. The molecule has 0 fully saturated rings. The molecule has 0 saturated heterocycles. The highest BCUT2D eigenvalue weighted by atomic mass is 127. The number of benzene rings is 1. The van der Waals surface area contributed by atoms with Crippen molar-refractivity contribution in [3.63, 3.8) is 0 Å². The molecule has 5 nitrogen and oxygen atoms in total. The summed E-state index contributed by atoms with van der Waals surface area (Å²) in [6.07, 6.45) is 2.50. The van der Waals surface area contributed by atoms with Crippen molar-refractivity contribution < 1.29 is 0 Å². The summed E-state index contributed by atoms with van der Waals surface area (Å²) in [7, 11) is 3.65. The monoisotopic (exact) mass is 467 g/mol. The second-order valence-electron chi connectivity index (χ2n) is 4.75. The highest BCUT2D eigenvalue weighted by Crippen LogP contribution is 2.24. The topological polar surface area (TPSA) is 54.2 Å². The first-order valence-corrected chi connectivity index (χ1v) is 7.71. The molecule has 0 aliphatic heterocycles. The summed E-state index contributed by atoms with van der Waals surface area (Å²) in [6.45, 7) is 1.34. The van der Waals surface area contributed by atoms with Crippen LogP contribution in [-0.4, -0.2) is 29.3 Å². The van der Waals surface area contributed by atoms with Gasteiger partial charge in [0, 0.05) is 36.9 Å². The zero-order valence-corrected chi connectivity index (χ0v) is 16.9. The molecule has 1 aromatic carbocycles. The van der Waals surface area contributed by atoms with E-state index in [0.717, 1.165) is 23.6 Å². The number of aryl methyl sites for hydroxylation is 1. The molecule has 2 aromatic rings. The molecule has 0 radical (unpaired) electrons. The Kier molecular flexibility index (Phi) is 8.72. The Morgan fingerprint density at radius 3 is 2.48 bits per heavy atom. The van der Waals surface area contributed by atoms with Crippen molar-refractivity contribution in [3.05, 3.63) is 51.8 Å². The second kappa shape index (κ2) is 10.00. The lowest BCUT2D eigenvalue weighted by molar-refractivity contribution is 0.684. The fourth-order valence-corrected chi connectivity index (χ4v) is 2.63. The van der Waals surface area contributed by atoms with Gasteiger partial charge in [0.2, 0.25) is 0 Å². The van der Waals surface area contributed by atoms with Gasteiger partial charge >= 0.3 is 0 Å². The Morgan fingerprint density at radius 1 is 1.22 bits per heavy atom. The van der Waals surface area contributed by atoms with Gasteiger partial charge in [0.1, 0.15) is 0 Å². The molecule has 2 rings (SSSR count). The SMILES string of the molecule is CN=C(NCCc1c(Cl)cccc1Cl)NCc1ccnn1C.I. The van der Waals surface area contributed by atoms with E-state index in [1.165, 1.54) is 0 Å². The van der Waals surface area contributed by atoms with Gasteiger partial charge in [-0.2, -0.15) is 5.10 Å². The summed E-state index contributed by atoms with van der Waals surface area (Å²) in [6, 6.07) is 7.50. The quantitative estimate of drug-likeness (QED) is 0.403. The molecule has 0 aliphatic carbocycles. The van der Waals surface area contributed by atoms with Gasteiger partial charge in [-0.15, -0.1) is 24.0 Å². The van der Waals surface area contributed by atoms with Crippen molar-refractivity contribution in [2.75, 3.05) is 13.6 Å². The van der Waals surface area contributed by atoms with Gasteiger partial charge < -0.3 is 10.6 Å². The normalized spacial score (nSPS) is 11.0. The van der Waals surface area contributed by atoms with E-state index in [1.54, 1.807) is 13.2 Å². The second-order valence-corrected chi connectivity index (χ2v) is 5.56. The molecule has 0 spiro atoms. The van der Waals surface area contributed by atoms with Gasteiger partial charge in [0.05, 0.1) is 12.2 Å². The van der Waals surface area contributed by atoms with E-state index in [1.807, 2.05) is 36.0 Å². The number of aliphatic imine (C=N–C) groups is 1. The molecule has 0 amide bonds. The van der Waals surface area contributed by atoms with Crippen LogP contribution in [0.25, 0.3) is 0 Å². The third-order valence-corrected chi connectivity index (χ3v) is 4.02. The maximum atomic E-state index is 6.16. The largest absolute Gasteiger partial charge is 0.356 e. The van der Waals surface area contributed by atoms with E-state index >= 15 is 0 Å². The highest BCUT2D eigenvalue weighted by molar-refractivity contribution is 14.0. The average molecular weight is 468 g/mol. The summed E-state index contributed by atoms with van der Waals surface area (Å²) < 4.78 is 1.82. The van der Waals surface area contributed by atoms with Crippen molar-refractivity contribution in [1.29, 1.82) is 0 Å². The molecule has 23 heavy (non-hydrogen) atoms. The highest BCUT2D eigenvalue weighted by Gasteiger charge is 2.06. The number of guanidine groups is 1. The Balaban J connectivity index is 0.00000264. The third kappa shape index (κ3) is 5.86. The minimum Gasteiger partial charge on any atom is -0.356 e. The van der Waals surface area contributed by atoms with Crippen LogP contribution in [0.5, 0.6) is 0 Å². The minimum atomic E-state index is 0. The molecule has 0 aliphatic rings. The standard InChI is InChI=1S/C15H19Cl2N5.HI/c1-18-15(20-10-11-6-9-21-22(11)2)19-8-7-12-13(16)4-3-5-14(12)17;/h3-6,9H,7-8,10H2,1-2H3,(H2,18,19,20);1H. The Hall–Kier alpha value is -0.990. The summed E-state index contributed by atoms with van der Waals surface area (Å²) in [4.78, 5) is 4.19. The minimum absolute atomic E-state index is 0. The van der Waals surface area contributed by atoms with Crippen molar-refractivity contribution >= 4 is 53.1 Å². The Labute approximate surface area is 163 Å². The van der Waals surface area contributed by atoms with Crippen LogP contribution >= 0.6 is 47.2 Å². The molecule has 2 N–H and O–H groups in total. The van der Waals surface area contributed by atoms with Crippen LogP contribution in [0.15, 0.2) is 35.5 Å². The van der Waals surface area contributed by atoms with Gasteiger partial charge in [-0.05, 0) is 30.2 Å². The number of aromatic nitrogens is 2. The summed E-state index contributed by atoms with van der Waals surface area (Å²) in [5.74, 6) is 0.726. The number of hydrogen-bond donors (Lipinski definition) is 2. The molecule has 8 heteroatoms. The lowest BCUT2D eigenvalue weighted by atomic mass is 10.1. The van der Waals surface area contributed by atoms with Crippen LogP contribution in [0.2, 0.25) is 10.0 Å². The van der Waals surface area contributed by atoms with E-state index in [0.29, 0.717) is 23.1 Å². The molecule has 0 atom stereocenters. The average Bonchev–Trinajstić information content (AvgIpc) is 2.90. The van der Waals surface area contributed by atoms with E-state index < -0.39 is 0 Å². The van der Waals surface area contributed by atoms with Crippen molar-refractivity contribution in [2.45, 2.75) is 13.0 Å². The third-order valence-electron chi connectivity index (χ3n) is 3.31. The molecule has 0 unspecified atom stereocenters. The van der Waals surface area contributed by atoms with Crippen LogP contribution in [0.3, 0.4) is 0 Å². The van der Waals surface area contributed by atoms with E-state index in [-0.39, 0.29) is 24.0 Å². The fraction of sp³-hybridized carbons (Fsp3) is 0.333. The number of hydrogen-bond acceptors (Lipinski definition) is 2. The smallest absolute Gasteiger partial charge is 0.191 e. The summed E-state index contributed by atoms with van der Waals surface area (Å²) in [5.41, 5.74) is 2.03. The first kappa shape index (κ1) is 20.1. The molecular weight excluding hydrogens is 448 g/mol. The maximum absolute atomic E-state index is 6.16. The van der Waals surface area contributed by atoms with Gasteiger partial charge in [-0.1, -0.05) is 29.3 Å². The van der Waals surface area contributed by atoms with Crippen LogP contribution in [0.4, 0.5) is 0 Å². The zero-order valence-electron chi connectivity index (χ0n) is 13.0.